The number of hydrogen-bond donors (Lipinski definition) is 1. The van der Waals surface area contributed by atoms with Gasteiger partial charge in [0, 0.05) is 22.8 Å². The molecule has 2 aromatic heterocycles. The van der Waals surface area contributed by atoms with Crippen LogP contribution in [0, 0.1) is 6.92 Å². The maximum Gasteiger partial charge on any atom is 0.271 e. The number of fused-ring (bicyclic) bond motifs is 1. The molecule has 1 amide bonds. The highest BCUT2D eigenvalue weighted by Gasteiger charge is 2.18. The first-order valence-electron chi connectivity index (χ1n) is 5.13. The van der Waals surface area contributed by atoms with E-state index >= 15 is 0 Å². The molecular formula is C11H15N3OS. The highest BCUT2D eigenvalue weighted by molar-refractivity contribution is 7.17. The molecule has 0 atom stereocenters. The van der Waals surface area contributed by atoms with E-state index in [1.165, 1.54) is 4.88 Å². The molecule has 2 heterocycles. The van der Waals surface area contributed by atoms with Crippen molar-refractivity contribution < 1.29 is 4.79 Å². The van der Waals surface area contributed by atoms with Crippen molar-refractivity contribution >= 4 is 22.2 Å². The predicted molar refractivity (Wildman–Crippen MR) is 65.0 cm³/mol. The zero-order valence-corrected chi connectivity index (χ0v) is 10.7. The minimum atomic E-state index is -0.232. The molecule has 0 bridgehead atoms. The highest BCUT2D eigenvalue weighted by atomic mass is 32.1. The minimum absolute atomic E-state index is 0.124. The Labute approximate surface area is 98.3 Å². The Morgan fingerprint density at radius 1 is 1.44 bits per heavy atom. The molecule has 0 aliphatic rings. The Bertz CT molecular complexity index is 501. The number of nitrogens with zero attached hydrogens (tertiary/aromatic N) is 2. The number of carbonyl (C=O) groups excluding carboxylic acids is 1. The Kier molecular flexibility index (Phi) is 2.50. The van der Waals surface area contributed by atoms with E-state index in [4.69, 9.17) is 0 Å². The van der Waals surface area contributed by atoms with Crippen molar-refractivity contribution in [3.05, 3.63) is 23.0 Å². The molecule has 2 rings (SSSR count). The molecular weight excluding hydrogens is 222 g/mol. The molecule has 0 aromatic carbocycles. The van der Waals surface area contributed by atoms with E-state index in [0.717, 1.165) is 4.96 Å². The molecule has 86 valence electrons. The lowest BCUT2D eigenvalue weighted by Crippen LogP contribution is -2.40. The number of imidazole rings is 1. The van der Waals surface area contributed by atoms with Gasteiger partial charge in [-0.1, -0.05) is 0 Å². The molecule has 0 radical (unpaired) electrons. The largest absolute Gasteiger partial charge is 0.346 e. The molecule has 0 saturated heterocycles. The third-order valence-electron chi connectivity index (χ3n) is 1.99. The molecule has 0 unspecified atom stereocenters. The Morgan fingerprint density at radius 2 is 2.12 bits per heavy atom. The smallest absolute Gasteiger partial charge is 0.271 e. The normalized spacial score (nSPS) is 12.0. The summed E-state index contributed by atoms with van der Waals surface area (Å²) in [5.74, 6) is -0.124. The van der Waals surface area contributed by atoms with Gasteiger partial charge >= 0.3 is 0 Å². The Balaban J connectivity index is 2.27. The molecule has 0 saturated carbocycles. The molecule has 0 aliphatic heterocycles. The number of amides is 1. The fourth-order valence-electron chi connectivity index (χ4n) is 1.42. The summed E-state index contributed by atoms with van der Waals surface area (Å²) in [5.41, 5.74) is 0.241. The molecule has 0 aliphatic carbocycles. The second-order valence-electron chi connectivity index (χ2n) is 4.86. The first kappa shape index (κ1) is 11.1. The van der Waals surface area contributed by atoms with Gasteiger partial charge in [0.05, 0.1) is 0 Å². The van der Waals surface area contributed by atoms with Crippen LogP contribution in [0.5, 0.6) is 0 Å². The average molecular weight is 237 g/mol. The van der Waals surface area contributed by atoms with Crippen LogP contribution in [0.2, 0.25) is 0 Å². The van der Waals surface area contributed by atoms with Crippen molar-refractivity contribution in [3.63, 3.8) is 0 Å². The van der Waals surface area contributed by atoms with Crippen LogP contribution in [0.15, 0.2) is 12.4 Å². The van der Waals surface area contributed by atoms with Gasteiger partial charge in [0.25, 0.3) is 5.91 Å². The summed E-state index contributed by atoms with van der Waals surface area (Å²) in [7, 11) is 0. The van der Waals surface area contributed by atoms with Gasteiger partial charge < -0.3 is 5.32 Å². The fourth-order valence-corrected chi connectivity index (χ4v) is 2.23. The third kappa shape index (κ3) is 2.24. The van der Waals surface area contributed by atoms with Crippen molar-refractivity contribution in [1.29, 1.82) is 0 Å². The number of nitrogens with one attached hydrogen (secondary N) is 1. The van der Waals surface area contributed by atoms with Crippen LogP contribution in [0.1, 0.15) is 36.1 Å². The van der Waals surface area contributed by atoms with E-state index in [9.17, 15) is 4.79 Å². The summed E-state index contributed by atoms with van der Waals surface area (Å²) in [5, 5.41) is 2.89. The monoisotopic (exact) mass is 237 g/mol. The molecule has 1 N–H and O–H groups in total. The lowest BCUT2D eigenvalue weighted by molar-refractivity contribution is 0.0915. The van der Waals surface area contributed by atoms with Gasteiger partial charge in [-0.05, 0) is 27.7 Å². The topological polar surface area (TPSA) is 46.4 Å². The fraction of sp³-hybridized carbons (Fsp3) is 0.455. The van der Waals surface area contributed by atoms with Crippen molar-refractivity contribution in [3.8, 4) is 0 Å². The second kappa shape index (κ2) is 3.59. The summed E-state index contributed by atoms with van der Waals surface area (Å²) in [4.78, 5) is 18.2. The van der Waals surface area contributed by atoms with Crippen LogP contribution in [0.25, 0.3) is 4.96 Å². The Hall–Kier alpha value is -1.36. The minimum Gasteiger partial charge on any atom is -0.346 e. The number of hydrogen-bond acceptors (Lipinski definition) is 3. The molecule has 16 heavy (non-hydrogen) atoms. The Morgan fingerprint density at radius 3 is 2.69 bits per heavy atom. The molecule has 5 heteroatoms. The van der Waals surface area contributed by atoms with Crippen LogP contribution in [0.3, 0.4) is 0 Å². The van der Waals surface area contributed by atoms with Crippen molar-refractivity contribution in [2.75, 3.05) is 0 Å². The van der Waals surface area contributed by atoms with E-state index in [1.807, 2.05) is 38.3 Å². The van der Waals surface area contributed by atoms with Crippen LogP contribution in [0.4, 0.5) is 0 Å². The maximum atomic E-state index is 11.8. The summed E-state index contributed by atoms with van der Waals surface area (Å²) in [6, 6.07) is 0. The first-order valence-corrected chi connectivity index (χ1v) is 5.94. The standard InChI is InChI=1S/C11H15N3OS/c1-7-5-14-6-8(12-10(14)16-7)9(15)13-11(2,3)4/h5-6H,1-4H3,(H,13,15). The van der Waals surface area contributed by atoms with Crippen LogP contribution in [-0.2, 0) is 0 Å². The van der Waals surface area contributed by atoms with Gasteiger partial charge in [-0.25, -0.2) is 4.98 Å². The number of rotatable bonds is 1. The molecule has 2 aromatic rings. The molecule has 4 nitrogen and oxygen atoms in total. The van der Waals surface area contributed by atoms with Gasteiger partial charge in [0.15, 0.2) is 4.96 Å². The van der Waals surface area contributed by atoms with Gasteiger partial charge in [-0.2, -0.15) is 0 Å². The van der Waals surface area contributed by atoms with Gasteiger partial charge in [-0.15, -0.1) is 11.3 Å². The number of aromatic nitrogens is 2. The zero-order chi connectivity index (χ0) is 11.9. The first-order chi connectivity index (χ1) is 7.35. The summed E-state index contributed by atoms with van der Waals surface area (Å²) >= 11 is 1.58. The van der Waals surface area contributed by atoms with E-state index in [-0.39, 0.29) is 11.4 Å². The molecule has 0 spiro atoms. The quantitative estimate of drug-likeness (QED) is 0.826. The van der Waals surface area contributed by atoms with E-state index in [1.54, 1.807) is 17.5 Å². The van der Waals surface area contributed by atoms with E-state index < -0.39 is 0 Å². The van der Waals surface area contributed by atoms with Crippen molar-refractivity contribution in [2.24, 2.45) is 0 Å². The second-order valence-corrected chi connectivity index (χ2v) is 6.08. The van der Waals surface area contributed by atoms with E-state index in [0.29, 0.717) is 5.69 Å². The SMILES string of the molecule is Cc1cn2cc(C(=O)NC(C)(C)C)nc2s1. The van der Waals surface area contributed by atoms with Gasteiger partial charge in [0.1, 0.15) is 5.69 Å². The zero-order valence-electron chi connectivity index (χ0n) is 9.87. The van der Waals surface area contributed by atoms with Gasteiger partial charge in [-0.3, -0.25) is 9.20 Å². The lowest BCUT2D eigenvalue weighted by Gasteiger charge is -2.19. The number of aryl methyl sites for hydroxylation is 1. The van der Waals surface area contributed by atoms with Crippen LogP contribution >= 0.6 is 11.3 Å². The molecule has 0 fully saturated rings. The maximum absolute atomic E-state index is 11.8. The van der Waals surface area contributed by atoms with E-state index in [2.05, 4.69) is 10.3 Å². The van der Waals surface area contributed by atoms with Crippen LogP contribution in [-0.4, -0.2) is 20.8 Å². The van der Waals surface area contributed by atoms with Crippen LogP contribution < -0.4 is 5.32 Å². The lowest BCUT2D eigenvalue weighted by atomic mass is 10.1. The highest BCUT2D eigenvalue weighted by Crippen LogP contribution is 2.16. The predicted octanol–water partition coefficient (Wildman–Crippen LogP) is 2.23. The third-order valence-corrected chi connectivity index (χ3v) is 2.90. The summed E-state index contributed by atoms with van der Waals surface area (Å²) in [6.07, 6.45) is 3.74. The summed E-state index contributed by atoms with van der Waals surface area (Å²) in [6.45, 7) is 7.88. The van der Waals surface area contributed by atoms with Crippen molar-refractivity contribution in [1.82, 2.24) is 14.7 Å². The van der Waals surface area contributed by atoms with Gasteiger partial charge in [0.2, 0.25) is 0 Å². The average Bonchev–Trinajstić information content (AvgIpc) is 2.56. The number of carbonyl (C=O) groups is 1. The number of thiazole rings is 1. The summed E-state index contributed by atoms with van der Waals surface area (Å²) < 4.78 is 1.89. The van der Waals surface area contributed by atoms with Crippen molar-refractivity contribution in [2.45, 2.75) is 33.2 Å².